The minimum atomic E-state index is -4.59. The predicted octanol–water partition coefficient (Wildman–Crippen LogP) is 6.46. The van der Waals surface area contributed by atoms with Crippen LogP contribution in [0.15, 0.2) is 49.0 Å². The maximum Gasteiger partial charge on any atom is 0.417 e. The second-order valence-electron chi connectivity index (χ2n) is 4.87. The van der Waals surface area contributed by atoms with E-state index >= 15 is 0 Å². The molecule has 0 radical (unpaired) electrons. The van der Waals surface area contributed by atoms with Gasteiger partial charge in [0.1, 0.15) is 0 Å². The molecule has 24 heavy (non-hydrogen) atoms. The summed E-state index contributed by atoms with van der Waals surface area (Å²) in [6, 6.07) is 7.34. The molecule has 2 aromatic rings. The molecule has 1 N–H and O–H groups in total. The van der Waals surface area contributed by atoms with Crippen molar-refractivity contribution in [3.05, 3.63) is 70.8 Å². The van der Waals surface area contributed by atoms with Gasteiger partial charge in [-0.2, -0.15) is 26.3 Å². The molecule has 0 unspecified atom stereocenters. The third kappa shape index (κ3) is 4.23. The Bertz CT molecular complexity index is 764. The highest BCUT2D eigenvalue weighted by molar-refractivity contribution is 6.31. The molecule has 0 atom stereocenters. The van der Waals surface area contributed by atoms with E-state index in [0.29, 0.717) is 0 Å². The van der Waals surface area contributed by atoms with Gasteiger partial charge in [-0.3, -0.25) is 0 Å². The molecule has 0 saturated heterocycles. The Morgan fingerprint density at radius 1 is 0.917 bits per heavy atom. The van der Waals surface area contributed by atoms with Crippen molar-refractivity contribution in [2.75, 3.05) is 5.32 Å². The lowest BCUT2D eigenvalue weighted by molar-refractivity contribution is -0.138. The molecule has 2 rings (SSSR count). The van der Waals surface area contributed by atoms with E-state index in [0.717, 1.165) is 30.3 Å². The first-order chi connectivity index (χ1) is 11.0. The van der Waals surface area contributed by atoms with Crippen LogP contribution in [0.1, 0.15) is 16.7 Å². The quantitative estimate of drug-likeness (QED) is 0.615. The lowest BCUT2D eigenvalue weighted by atomic mass is 10.1. The maximum absolute atomic E-state index is 12.7. The van der Waals surface area contributed by atoms with Gasteiger partial charge < -0.3 is 5.32 Å². The van der Waals surface area contributed by atoms with Crippen molar-refractivity contribution in [1.29, 1.82) is 0 Å². The van der Waals surface area contributed by atoms with Gasteiger partial charge in [0, 0.05) is 11.4 Å². The lowest BCUT2D eigenvalue weighted by Gasteiger charge is -2.14. The average Bonchev–Trinajstić information content (AvgIpc) is 2.45. The summed E-state index contributed by atoms with van der Waals surface area (Å²) in [7, 11) is 0. The summed E-state index contributed by atoms with van der Waals surface area (Å²) in [4.78, 5) is 0. The second-order valence-corrected chi connectivity index (χ2v) is 5.28. The van der Waals surface area contributed by atoms with Crippen molar-refractivity contribution in [2.24, 2.45) is 0 Å². The number of nitrogens with one attached hydrogen (secondary N) is 1. The monoisotopic (exact) mass is 365 g/mol. The fraction of sp³-hybridized carbons (Fsp3) is 0.125. The highest BCUT2D eigenvalue weighted by Gasteiger charge is 2.33. The van der Waals surface area contributed by atoms with Gasteiger partial charge >= 0.3 is 12.4 Å². The van der Waals surface area contributed by atoms with Crippen molar-refractivity contribution in [2.45, 2.75) is 12.4 Å². The summed E-state index contributed by atoms with van der Waals surface area (Å²) in [6.07, 6.45) is -9.10. The number of alkyl halides is 6. The smallest absolute Gasteiger partial charge is 0.356 e. The van der Waals surface area contributed by atoms with E-state index in [1.807, 2.05) is 0 Å². The molecular formula is C16H10ClF6N. The van der Waals surface area contributed by atoms with Crippen molar-refractivity contribution in [3.63, 3.8) is 0 Å². The molecule has 128 valence electrons. The Labute approximate surface area is 138 Å². The minimum Gasteiger partial charge on any atom is -0.356 e. The molecule has 1 nitrogen and oxygen atoms in total. The van der Waals surface area contributed by atoms with Crippen LogP contribution in [0.3, 0.4) is 0 Å². The molecule has 0 aromatic heterocycles. The maximum atomic E-state index is 12.7. The van der Waals surface area contributed by atoms with Crippen molar-refractivity contribution < 1.29 is 26.3 Å². The molecule has 0 aliphatic heterocycles. The van der Waals surface area contributed by atoms with Gasteiger partial charge in [0.05, 0.1) is 16.1 Å². The van der Waals surface area contributed by atoms with Gasteiger partial charge in [0.15, 0.2) is 0 Å². The van der Waals surface area contributed by atoms with E-state index in [9.17, 15) is 26.3 Å². The van der Waals surface area contributed by atoms with Crippen LogP contribution in [0, 0.1) is 0 Å². The normalized spacial score (nSPS) is 12.1. The molecule has 2 aromatic carbocycles. The highest BCUT2D eigenvalue weighted by Crippen LogP contribution is 2.36. The Morgan fingerprint density at radius 3 is 2.12 bits per heavy atom. The molecule has 0 heterocycles. The van der Waals surface area contributed by atoms with Crippen LogP contribution in [0.5, 0.6) is 0 Å². The largest absolute Gasteiger partial charge is 0.417 e. The van der Waals surface area contributed by atoms with E-state index in [1.165, 1.54) is 12.1 Å². The molecule has 0 spiro atoms. The van der Waals surface area contributed by atoms with Crippen LogP contribution in [-0.2, 0) is 12.4 Å². The zero-order valence-electron chi connectivity index (χ0n) is 11.9. The molecule has 0 saturated carbocycles. The minimum absolute atomic E-state index is 0.103. The number of anilines is 1. The molecule has 8 heteroatoms. The zero-order chi connectivity index (χ0) is 18.1. The molecular weight excluding hydrogens is 356 g/mol. The van der Waals surface area contributed by atoms with Crippen LogP contribution >= 0.6 is 11.6 Å². The number of hydrogen-bond acceptors (Lipinski definition) is 1. The van der Waals surface area contributed by atoms with Crippen LogP contribution in [-0.4, -0.2) is 0 Å². The van der Waals surface area contributed by atoms with Crippen molar-refractivity contribution in [1.82, 2.24) is 0 Å². The first-order valence-corrected chi connectivity index (χ1v) is 6.86. The topological polar surface area (TPSA) is 12.0 Å². The Kier molecular flexibility index (Phi) is 4.85. The number of hydrogen-bond donors (Lipinski definition) is 1. The zero-order valence-corrected chi connectivity index (χ0v) is 12.7. The predicted molar refractivity (Wildman–Crippen MR) is 80.6 cm³/mol. The van der Waals surface area contributed by atoms with Gasteiger partial charge in [-0.1, -0.05) is 30.3 Å². The Hall–Kier alpha value is -2.15. The van der Waals surface area contributed by atoms with Gasteiger partial charge in [0.25, 0.3) is 0 Å². The van der Waals surface area contributed by atoms with Crippen LogP contribution < -0.4 is 5.32 Å². The molecule has 0 amide bonds. The van der Waals surface area contributed by atoms with Gasteiger partial charge in [0.2, 0.25) is 0 Å². The van der Waals surface area contributed by atoms with E-state index in [1.54, 1.807) is 0 Å². The fourth-order valence-corrected chi connectivity index (χ4v) is 2.24. The van der Waals surface area contributed by atoms with Crippen LogP contribution in [0.25, 0.3) is 5.70 Å². The second kappa shape index (κ2) is 6.39. The van der Waals surface area contributed by atoms with E-state index in [-0.39, 0.29) is 16.9 Å². The molecule has 0 aliphatic carbocycles. The highest BCUT2D eigenvalue weighted by atomic mass is 35.5. The summed E-state index contributed by atoms with van der Waals surface area (Å²) >= 11 is 5.61. The number of rotatable bonds is 3. The summed E-state index contributed by atoms with van der Waals surface area (Å²) in [5.74, 6) is 0. The van der Waals surface area contributed by atoms with Gasteiger partial charge in [-0.05, 0) is 35.9 Å². The number of benzene rings is 2. The van der Waals surface area contributed by atoms with Crippen LogP contribution in [0.2, 0.25) is 5.02 Å². The lowest BCUT2D eigenvalue weighted by Crippen LogP contribution is -2.07. The third-order valence-corrected chi connectivity index (χ3v) is 3.42. The van der Waals surface area contributed by atoms with Crippen LogP contribution in [0.4, 0.5) is 32.0 Å². The summed E-state index contributed by atoms with van der Waals surface area (Å²) in [5.41, 5.74) is -1.41. The molecule has 0 aliphatic rings. The average molecular weight is 366 g/mol. The van der Waals surface area contributed by atoms with Gasteiger partial charge in [-0.25, -0.2) is 0 Å². The van der Waals surface area contributed by atoms with E-state index in [2.05, 4.69) is 11.9 Å². The van der Waals surface area contributed by atoms with E-state index in [4.69, 9.17) is 11.6 Å². The fourth-order valence-electron chi connectivity index (χ4n) is 1.95. The molecule has 0 bridgehead atoms. The Balaban J connectivity index is 2.23. The first-order valence-electron chi connectivity index (χ1n) is 6.49. The standard InChI is InChI=1S/C16H10ClF6N/c1-9(10-5-6-13(14(17)7-10)16(21,22)23)24-12-4-2-3-11(8-12)15(18,19)20/h2-8,24H,1H2. The summed E-state index contributed by atoms with van der Waals surface area (Å²) in [6.45, 7) is 3.61. The summed E-state index contributed by atoms with van der Waals surface area (Å²) < 4.78 is 76.0. The van der Waals surface area contributed by atoms with Crippen molar-refractivity contribution in [3.8, 4) is 0 Å². The molecule has 0 fully saturated rings. The van der Waals surface area contributed by atoms with E-state index < -0.39 is 28.5 Å². The third-order valence-electron chi connectivity index (χ3n) is 3.11. The first kappa shape index (κ1) is 18.2. The van der Waals surface area contributed by atoms with Crippen molar-refractivity contribution >= 4 is 23.0 Å². The Morgan fingerprint density at radius 2 is 1.58 bits per heavy atom. The SMILES string of the molecule is C=C(Nc1cccc(C(F)(F)F)c1)c1ccc(C(F)(F)F)c(Cl)c1. The summed E-state index contributed by atoms with van der Waals surface area (Å²) in [5, 5.41) is 2.10. The van der Waals surface area contributed by atoms with Gasteiger partial charge in [-0.15, -0.1) is 0 Å². The number of halogens is 7.